The first-order valence-electron chi connectivity index (χ1n) is 7.11. The molecule has 0 radical (unpaired) electrons. The molecule has 1 atom stereocenters. The molecule has 0 saturated carbocycles. The Balaban J connectivity index is 1.56. The van der Waals surface area contributed by atoms with Crippen LogP contribution < -0.4 is 5.32 Å². The lowest BCUT2D eigenvalue weighted by Crippen LogP contribution is -2.29. The Morgan fingerprint density at radius 2 is 2.14 bits per heavy atom. The summed E-state index contributed by atoms with van der Waals surface area (Å²) in [6.45, 7) is 3.51. The number of nitrogens with zero attached hydrogens (tertiary/aromatic N) is 3. The van der Waals surface area contributed by atoms with E-state index in [0.29, 0.717) is 12.2 Å². The molecule has 0 saturated heterocycles. The summed E-state index contributed by atoms with van der Waals surface area (Å²) in [5, 5.41) is 7.39. The van der Waals surface area contributed by atoms with Crippen molar-refractivity contribution in [1.29, 1.82) is 0 Å². The van der Waals surface area contributed by atoms with Gasteiger partial charge in [-0.3, -0.25) is 0 Å². The maximum absolute atomic E-state index is 12.9. The van der Waals surface area contributed by atoms with E-state index in [4.69, 9.17) is 4.52 Å². The molecule has 1 N–H and O–H groups in total. The SMILES string of the molecule is C[C@H](Cn1ccnc1)NCc1cc(-c2ccc(F)cc2)no1. The smallest absolute Gasteiger partial charge is 0.151 e. The molecule has 22 heavy (non-hydrogen) atoms. The maximum Gasteiger partial charge on any atom is 0.151 e. The summed E-state index contributed by atoms with van der Waals surface area (Å²) >= 11 is 0. The fourth-order valence-electron chi connectivity index (χ4n) is 2.20. The Kier molecular flexibility index (Phi) is 4.29. The molecule has 0 amide bonds. The van der Waals surface area contributed by atoms with Crippen molar-refractivity contribution in [3.05, 3.63) is 60.6 Å². The molecule has 114 valence electrons. The van der Waals surface area contributed by atoms with Crippen LogP contribution >= 0.6 is 0 Å². The largest absolute Gasteiger partial charge is 0.359 e. The lowest BCUT2D eigenvalue weighted by atomic mass is 10.1. The minimum atomic E-state index is -0.262. The first kappa shape index (κ1) is 14.5. The molecule has 3 aromatic rings. The average Bonchev–Trinajstić information content (AvgIpc) is 3.17. The first-order valence-corrected chi connectivity index (χ1v) is 7.11. The van der Waals surface area contributed by atoms with Gasteiger partial charge in [0.2, 0.25) is 0 Å². The van der Waals surface area contributed by atoms with Gasteiger partial charge in [-0.1, -0.05) is 5.16 Å². The summed E-state index contributed by atoms with van der Waals surface area (Å²) in [6.07, 6.45) is 5.48. The third kappa shape index (κ3) is 3.59. The Labute approximate surface area is 127 Å². The second kappa shape index (κ2) is 6.53. The number of rotatable bonds is 6. The molecule has 0 aliphatic rings. The van der Waals surface area contributed by atoms with E-state index in [2.05, 4.69) is 22.4 Å². The molecule has 0 aliphatic carbocycles. The van der Waals surface area contributed by atoms with Crippen molar-refractivity contribution in [1.82, 2.24) is 20.0 Å². The van der Waals surface area contributed by atoms with Crippen LogP contribution in [-0.4, -0.2) is 20.7 Å². The molecular formula is C16H17FN4O. The summed E-state index contributed by atoms with van der Waals surface area (Å²) in [7, 11) is 0. The van der Waals surface area contributed by atoms with Crippen molar-refractivity contribution < 1.29 is 8.91 Å². The van der Waals surface area contributed by atoms with E-state index in [1.165, 1.54) is 12.1 Å². The standard InChI is InChI=1S/C16H17FN4O/c1-12(10-21-7-6-18-11-21)19-9-15-8-16(20-22-15)13-2-4-14(17)5-3-13/h2-8,11-12,19H,9-10H2,1H3/t12-/m1/s1. The van der Waals surface area contributed by atoms with Crippen molar-refractivity contribution in [2.45, 2.75) is 26.1 Å². The minimum absolute atomic E-state index is 0.262. The summed E-state index contributed by atoms with van der Waals surface area (Å²) in [5.74, 6) is 0.485. The monoisotopic (exact) mass is 300 g/mol. The zero-order valence-electron chi connectivity index (χ0n) is 12.2. The van der Waals surface area contributed by atoms with Crippen LogP contribution in [0.5, 0.6) is 0 Å². The zero-order chi connectivity index (χ0) is 15.4. The summed E-state index contributed by atoms with van der Waals surface area (Å²) in [5.41, 5.74) is 1.54. The number of hydrogen-bond acceptors (Lipinski definition) is 4. The lowest BCUT2D eigenvalue weighted by molar-refractivity contribution is 0.360. The van der Waals surface area contributed by atoms with E-state index in [-0.39, 0.29) is 11.9 Å². The number of benzene rings is 1. The quantitative estimate of drug-likeness (QED) is 0.760. The van der Waals surface area contributed by atoms with E-state index in [1.807, 2.05) is 16.8 Å². The molecule has 0 bridgehead atoms. The van der Waals surface area contributed by atoms with E-state index < -0.39 is 0 Å². The highest BCUT2D eigenvalue weighted by Crippen LogP contribution is 2.19. The molecule has 0 aliphatic heterocycles. The predicted octanol–water partition coefficient (Wildman–Crippen LogP) is 2.86. The van der Waals surface area contributed by atoms with E-state index in [0.717, 1.165) is 17.9 Å². The molecule has 2 aromatic heterocycles. The maximum atomic E-state index is 12.9. The molecule has 6 heteroatoms. The minimum Gasteiger partial charge on any atom is -0.359 e. The zero-order valence-corrected chi connectivity index (χ0v) is 12.2. The topological polar surface area (TPSA) is 55.9 Å². The Morgan fingerprint density at radius 1 is 1.32 bits per heavy atom. The normalized spacial score (nSPS) is 12.5. The predicted molar refractivity (Wildman–Crippen MR) is 80.4 cm³/mol. The molecular weight excluding hydrogens is 283 g/mol. The summed E-state index contributed by atoms with van der Waals surface area (Å²) in [6, 6.07) is 8.33. The third-order valence-electron chi connectivity index (χ3n) is 3.37. The van der Waals surface area contributed by atoms with E-state index in [1.54, 1.807) is 24.7 Å². The van der Waals surface area contributed by atoms with Crippen LogP contribution in [0.1, 0.15) is 12.7 Å². The van der Waals surface area contributed by atoms with Crippen LogP contribution in [0.15, 0.2) is 53.6 Å². The van der Waals surface area contributed by atoms with E-state index >= 15 is 0 Å². The molecule has 0 fully saturated rings. The highest BCUT2D eigenvalue weighted by Gasteiger charge is 2.08. The molecule has 2 heterocycles. The molecule has 1 aromatic carbocycles. The summed E-state index contributed by atoms with van der Waals surface area (Å²) < 4.78 is 20.2. The van der Waals surface area contributed by atoms with Gasteiger partial charge in [0.15, 0.2) is 5.76 Å². The fourth-order valence-corrected chi connectivity index (χ4v) is 2.20. The van der Waals surface area contributed by atoms with Gasteiger partial charge in [-0.25, -0.2) is 9.37 Å². The van der Waals surface area contributed by atoms with Gasteiger partial charge >= 0.3 is 0 Å². The van der Waals surface area contributed by atoms with Crippen molar-refractivity contribution in [3.63, 3.8) is 0 Å². The third-order valence-corrected chi connectivity index (χ3v) is 3.37. The van der Waals surface area contributed by atoms with Crippen LogP contribution in [-0.2, 0) is 13.1 Å². The van der Waals surface area contributed by atoms with Gasteiger partial charge < -0.3 is 14.4 Å². The van der Waals surface area contributed by atoms with Gasteiger partial charge in [0.05, 0.1) is 12.9 Å². The second-order valence-corrected chi connectivity index (χ2v) is 5.23. The number of nitrogens with one attached hydrogen (secondary N) is 1. The Morgan fingerprint density at radius 3 is 2.86 bits per heavy atom. The van der Waals surface area contributed by atoms with Gasteiger partial charge in [0.1, 0.15) is 11.5 Å². The van der Waals surface area contributed by atoms with Gasteiger partial charge in [-0.15, -0.1) is 0 Å². The van der Waals surface area contributed by atoms with Gasteiger partial charge in [-0.05, 0) is 31.2 Å². The summed E-state index contributed by atoms with van der Waals surface area (Å²) in [4.78, 5) is 4.02. The molecule has 3 rings (SSSR count). The van der Waals surface area contributed by atoms with Crippen molar-refractivity contribution in [2.24, 2.45) is 0 Å². The number of imidazole rings is 1. The van der Waals surface area contributed by atoms with Gasteiger partial charge in [0.25, 0.3) is 0 Å². The number of aromatic nitrogens is 3. The Hall–Kier alpha value is -2.47. The van der Waals surface area contributed by atoms with Gasteiger partial charge in [-0.2, -0.15) is 0 Å². The average molecular weight is 300 g/mol. The van der Waals surface area contributed by atoms with E-state index in [9.17, 15) is 4.39 Å². The fraction of sp³-hybridized carbons (Fsp3) is 0.250. The van der Waals surface area contributed by atoms with Crippen LogP contribution in [0, 0.1) is 5.82 Å². The van der Waals surface area contributed by atoms with Crippen LogP contribution in [0.2, 0.25) is 0 Å². The molecule has 0 spiro atoms. The van der Waals surface area contributed by atoms with Gasteiger partial charge in [0, 0.05) is 36.6 Å². The number of hydrogen-bond donors (Lipinski definition) is 1. The van der Waals surface area contributed by atoms with Crippen molar-refractivity contribution in [2.75, 3.05) is 0 Å². The highest BCUT2D eigenvalue weighted by molar-refractivity contribution is 5.58. The van der Waals surface area contributed by atoms with Crippen molar-refractivity contribution in [3.8, 4) is 11.3 Å². The van der Waals surface area contributed by atoms with Crippen LogP contribution in [0.4, 0.5) is 4.39 Å². The molecule has 5 nitrogen and oxygen atoms in total. The highest BCUT2D eigenvalue weighted by atomic mass is 19.1. The number of halogens is 1. The lowest BCUT2D eigenvalue weighted by Gasteiger charge is -2.12. The second-order valence-electron chi connectivity index (χ2n) is 5.23. The van der Waals surface area contributed by atoms with Crippen LogP contribution in [0.3, 0.4) is 0 Å². The Bertz CT molecular complexity index is 706. The van der Waals surface area contributed by atoms with Crippen LogP contribution in [0.25, 0.3) is 11.3 Å². The van der Waals surface area contributed by atoms with Crippen molar-refractivity contribution >= 4 is 0 Å². The first-order chi connectivity index (χ1) is 10.7. The molecule has 0 unspecified atom stereocenters.